The molecule has 2 N–H and O–H groups in total. The zero-order valence-electron chi connectivity index (χ0n) is 16.4. The molecule has 154 valence electrons. The van der Waals surface area contributed by atoms with Crippen LogP contribution in [0.1, 0.15) is 12.0 Å². The van der Waals surface area contributed by atoms with Gasteiger partial charge in [0.25, 0.3) is 5.91 Å². The Morgan fingerprint density at radius 1 is 1.21 bits per heavy atom. The maximum Gasteiger partial charge on any atom is 0.251 e. The fourth-order valence-corrected chi connectivity index (χ4v) is 3.55. The second-order valence-corrected chi connectivity index (χ2v) is 7.15. The lowest BCUT2D eigenvalue weighted by atomic mass is 9.90. The van der Waals surface area contributed by atoms with E-state index < -0.39 is 11.5 Å². The summed E-state index contributed by atoms with van der Waals surface area (Å²) in [6, 6.07) is 13.8. The summed E-state index contributed by atoms with van der Waals surface area (Å²) in [4.78, 5) is 26.3. The van der Waals surface area contributed by atoms with Gasteiger partial charge in [-0.1, -0.05) is 36.4 Å². The maximum atomic E-state index is 13.6. The maximum absolute atomic E-state index is 13.6. The third kappa shape index (κ3) is 4.99. The molecule has 0 bridgehead atoms. The molecule has 1 saturated heterocycles. The Balaban J connectivity index is 1.83. The molecule has 2 aromatic carbocycles. The van der Waals surface area contributed by atoms with Crippen LogP contribution in [0.2, 0.25) is 0 Å². The van der Waals surface area contributed by atoms with Gasteiger partial charge in [-0.25, -0.2) is 4.39 Å². The van der Waals surface area contributed by atoms with E-state index in [2.05, 4.69) is 0 Å². The number of amides is 2. The molecule has 1 heterocycles. The number of nitrogens with two attached hydrogens (primary N) is 1. The van der Waals surface area contributed by atoms with Crippen molar-refractivity contribution in [3.8, 4) is 11.1 Å². The Bertz CT molecular complexity index is 889. The van der Waals surface area contributed by atoms with Crippen molar-refractivity contribution in [1.82, 2.24) is 4.90 Å². The summed E-state index contributed by atoms with van der Waals surface area (Å²) in [7, 11) is 1.53. The third-order valence-corrected chi connectivity index (χ3v) is 5.08. The van der Waals surface area contributed by atoms with Gasteiger partial charge in [-0.15, -0.1) is 0 Å². The SMILES string of the molecule is COCCC(=O)N1CCOC(Cc2cccc(-c3cccc(F)c3)c2)(C(N)=O)C1. The molecular formula is C22H25FN2O4. The number of carbonyl (C=O) groups is 2. The molecule has 2 amide bonds. The van der Waals surface area contributed by atoms with Crippen LogP contribution in [0, 0.1) is 5.82 Å². The Kier molecular flexibility index (Phi) is 6.61. The van der Waals surface area contributed by atoms with Crippen LogP contribution in [-0.4, -0.2) is 55.7 Å². The van der Waals surface area contributed by atoms with Crippen molar-refractivity contribution in [2.75, 3.05) is 33.4 Å². The number of morpholine rings is 1. The predicted octanol–water partition coefficient (Wildman–Crippen LogP) is 2.15. The van der Waals surface area contributed by atoms with Crippen LogP contribution in [0.3, 0.4) is 0 Å². The van der Waals surface area contributed by atoms with Crippen molar-refractivity contribution < 1.29 is 23.5 Å². The lowest BCUT2D eigenvalue weighted by Gasteiger charge is -2.40. The van der Waals surface area contributed by atoms with Gasteiger partial charge in [-0.3, -0.25) is 9.59 Å². The first-order chi connectivity index (χ1) is 13.9. The summed E-state index contributed by atoms with van der Waals surface area (Å²) < 4.78 is 24.4. The highest BCUT2D eigenvalue weighted by molar-refractivity contribution is 5.86. The molecule has 1 aliphatic heterocycles. The number of hydrogen-bond donors (Lipinski definition) is 1. The van der Waals surface area contributed by atoms with E-state index in [1.165, 1.54) is 19.2 Å². The molecule has 0 aromatic heterocycles. The molecule has 0 radical (unpaired) electrons. The first kappa shape index (κ1) is 21.0. The average molecular weight is 400 g/mol. The minimum atomic E-state index is -1.30. The van der Waals surface area contributed by atoms with E-state index in [1.807, 2.05) is 30.3 Å². The smallest absolute Gasteiger partial charge is 0.251 e. The van der Waals surface area contributed by atoms with E-state index in [-0.39, 0.29) is 37.7 Å². The van der Waals surface area contributed by atoms with Crippen LogP contribution in [0.15, 0.2) is 48.5 Å². The molecule has 29 heavy (non-hydrogen) atoms. The van der Waals surface area contributed by atoms with E-state index in [0.717, 1.165) is 16.7 Å². The van der Waals surface area contributed by atoms with Crippen molar-refractivity contribution in [2.45, 2.75) is 18.4 Å². The lowest BCUT2D eigenvalue weighted by Crippen LogP contribution is -2.61. The number of ether oxygens (including phenoxy) is 2. The fraction of sp³-hybridized carbons (Fsp3) is 0.364. The number of carbonyl (C=O) groups excluding carboxylic acids is 2. The summed E-state index contributed by atoms with van der Waals surface area (Å²) in [6.45, 7) is 1.04. The van der Waals surface area contributed by atoms with Crippen LogP contribution in [0.4, 0.5) is 4.39 Å². The zero-order valence-corrected chi connectivity index (χ0v) is 16.4. The first-order valence-corrected chi connectivity index (χ1v) is 9.49. The molecule has 6 nitrogen and oxygen atoms in total. The van der Waals surface area contributed by atoms with Crippen molar-refractivity contribution >= 4 is 11.8 Å². The predicted molar refractivity (Wildman–Crippen MR) is 106 cm³/mol. The molecule has 7 heteroatoms. The third-order valence-electron chi connectivity index (χ3n) is 5.08. The van der Waals surface area contributed by atoms with Crippen LogP contribution in [0.5, 0.6) is 0 Å². The van der Waals surface area contributed by atoms with Crippen LogP contribution in [-0.2, 0) is 25.5 Å². The Labute approximate surface area is 169 Å². The van der Waals surface area contributed by atoms with Gasteiger partial charge >= 0.3 is 0 Å². The van der Waals surface area contributed by atoms with Gasteiger partial charge in [-0.05, 0) is 28.8 Å². The van der Waals surface area contributed by atoms with E-state index in [4.69, 9.17) is 15.2 Å². The minimum absolute atomic E-state index is 0.0923. The highest BCUT2D eigenvalue weighted by Gasteiger charge is 2.43. The van der Waals surface area contributed by atoms with E-state index in [1.54, 1.807) is 11.0 Å². The van der Waals surface area contributed by atoms with Crippen LogP contribution in [0.25, 0.3) is 11.1 Å². The number of primary amides is 1. The highest BCUT2D eigenvalue weighted by Crippen LogP contribution is 2.27. The van der Waals surface area contributed by atoms with Crippen molar-refractivity contribution in [1.29, 1.82) is 0 Å². The highest BCUT2D eigenvalue weighted by atomic mass is 19.1. The van der Waals surface area contributed by atoms with Gasteiger partial charge in [0.05, 0.1) is 26.2 Å². The summed E-state index contributed by atoms with van der Waals surface area (Å²) in [5.74, 6) is -1.03. The number of hydrogen-bond acceptors (Lipinski definition) is 4. The van der Waals surface area contributed by atoms with Gasteiger partial charge in [0.1, 0.15) is 5.82 Å². The van der Waals surface area contributed by atoms with Gasteiger partial charge in [0.2, 0.25) is 5.91 Å². The summed E-state index contributed by atoms with van der Waals surface area (Å²) >= 11 is 0. The Morgan fingerprint density at radius 2 is 1.93 bits per heavy atom. The quantitative estimate of drug-likeness (QED) is 0.772. The van der Waals surface area contributed by atoms with Crippen molar-refractivity contribution in [3.05, 3.63) is 59.9 Å². The second-order valence-electron chi connectivity index (χ2n) is 7.15. The number of nitrogens with zero attached hydrogens (tertiary/aromatic N) is 1. The van der Waals surface area contributed by atoms with E-state index in [9.17, 15) is 14.0 Å². The van der Waals surface area contributed by atoms with Gasteiger partial charge in [0.15, 0.2) is 5.60 Å². The van der Waals surface area contributed by atoms with E-state index >= 15 is 0 Å². The van der Waals surface area contributed by atoms with E-state index in [0.29, 0.717) is 13.2 Å². The lowest BCUT2D eigenvalue weighted by molar-refractivity contribution is -0.163. The molecule has 2 aromatic rings. The summed E-state index contributed by atoms with van der Waals surface area (Å²) in [6.07, 6.45) is 0.458. The topological polar surface area (TPSA) is 81.9 Å². The first-order valence-electron chi connectivity index (χ1n) is 9.49. The molecule has 1 aliphatic rings. The number of benzene rings is 2. The number of halogens is 1. The second kappa shape index (κ2) is 9.15. The molecule has 1 fully saturated rings. The molecule has 0 saturated carbocycles. The van der Waals surface area contributed by atoms with Gasteiger partial charge in [-0.2, -0.15) is 0 Å². The largest absolute Gasteiger partial charge is 0.384 e. The normalized spacial score (nSPS) is 19.2. The standard InChI is InChI=1S/C22H25FN2O4/c1-28-10-8-20(26)25-9-11-29-22(15-25,21(24)27)14-16-4-2-5-17(12-16)18-6-3-7-19(23)13-18/h2-7,12-13H,8-11,14-15H2,1H3,(H2,24,27). The van der Waals surface area contributed by atoms with Crippen molar-refractivity contribution in [2.24, 2.45) is 5.73 Å². The molecule has 0 spiro atoms. The van der Waals surface area contributed by atoms with Crippen LogP contribution >= 0.6 is 0 Å². The Hall–Kier alpha value is -2.77. The summed E-state index contributed by atoms with van der Waals surface area (Å²) in [5, 5.41) is 0. The van der Waals surface area contributed by atoms with Crippen molar-refractivity contribution in [3.63, 3.8) is 0 Å². The molecule has 3 rings (SSSR count). The molecular weight excluding hydrogens is 375 g/mol. The number of rotatable bonds is 7. The van der Waals surface area contributed by atoms with Gasteiger partial charge in [0, 0.05) is 20.1 Å². The minimum Gasteiger partial charge on any atom is -0.384 e. The molecule has 0 aliphatic carbocycles. The monoisotopic (exact) mass is 400 g/mol. The molecule has 1 atom stereocenters. The van der Waals surface area contributed by atoms with Crippen LogP contribution < -0.4 is 5.73 Å². The molecule has 1 unspecified atom stereocenters. The number of methoxy groups -OCH3 is 1. The Morgan fingerprint density at radius 3 is 2.62 bits per heavy atom. The zero-order chi connectivity index (χ0) is 20.9. The average Bonchev–Trinajstić information content (AvgIpc) is 2.72. The van der Waals surface area contributed by atoms with Gasteiger partial charge < -0.3 is 20.1 Å². The fourth-order valence-electron chi connectivity index (χ4n) is 3.55. The summed E-state index contributed by atoms with van der Waals surface area (Å²) in [5.41, 5.74) is 6.78.